The Morgan fingerprint density at radius 2 is 2.05 bits per heavy atom. The largest absolute Gasteiger partial charge is 0.347 e. The summed E-state index contributed by atoms with van der Waals surface area (Å²) in [5.41, 5.74) is 1.28. The van der Waals surface area contributed by atoms with Gasteiger partial charge in [0.15, 0.2) is 0 Å². The molecule has 1 N–H and O–H groups in total. The highest BCUT2D eigenvalue weighted by Crippen LogP contribution is 2.38. The SMILES string of the molecule is c1ccc(C2CC(c3cccs3)Nc3ncnn32)cc1. The fraction of sp³-hybridized carbons (Fsp3) is 0.200. The third-order valence-corrected chi connectivity index (χ3v) is 4.69. The molecular formula is C15H14N4S. The second-order valence-corrected chi connectivity index (χ2v) is 5.88. The third kappa shape index (κ3) is 1.91. The lowest BCUT2D eigenvalue weighted by molar-refractivity contribution is 0.433. The average Bonchev–Trinajstić information content (AvgIpc) is 3.18. The molecule has 0 saturated carbocycles. The highest BCUT2D eigenvalue weighted by Gasteiger charge is 2.30. The molecule has 5 heteroatoms. The van der Waals surface area contributed by atoms with Gasteiger partial charge in [0.05, 0.1) is 12.1 Å². The molecule has 1 aromatic carbocycles. The van der Waals surface area contributed by atoms with Crippen LogP contribution in [0, 0.1) is 0 Å². The van der Waals surface area contributed by atoms with Gasteiger partial charge in [-0.05, 0) is 23.4 Å². The van der Waals surface area contributed by atoms with Gasteiger partial charge in [0.1, 0.15) is 6.33 Å². The second-order valence-electron chi connectivity index (χ2n) is 4.90. The maximum atomic E-state index is 4.38. The molecule has 0 spiro atoms. The maximum absolute atomic E-state index is 4.38. The van der Waals surface area contributed by atoms with Crippen LogP contribution in [-0.2, 0) is 0 Å². The topological polar surface area (TPSA) is 42.7 Å². The Labute approximate surface area is 121 Å². The average molecular weight is 282 g/mol. The summed E-state index contributed by atoms with van der Waals surface area (Å²) in [4.78, 5) is 5.69. The molecular weight excluding hydrogens is 268 g/mol. The number of anilines is 1. The minimum Gasteiger partial charge on any atom is -0.347 e. The van der Waals surface area contributed by atoms with Crippen LogP contribution < -0.4 is 5.32 Å². The fourth-order valence-corrected chi connectivity index (χ4v) is 3.54. The van der Waals surface area contributed by atoms with Crippen LogP contribution in [0.15, 0.2) is 54.2 Å². The Balaban J connectivity index is 1.75. The minimum atomic E-state index is 0.238. The molecule has 4 rings (SSSR count). The molecule has 0 aliphatic carbocycles. The number of hydrogen-bond acceptors (Lipinski definition) is 4. The van der Waals surface area contributed by atoms with Crippen LogP contribution in [0.1, 0.15) is 28.9 Å². The number of nitrogens with zero attached hydrogens (tertiary/aromatic N) is 3. The normalized spacial score (nSPS) is 21.2. The molecule has 100 valence electrons. The van der Waals surface area contributed by atoms with Gasteiger partial charge in [-0.2, -0.15) is 10.1 Å². The summed E-state index contributed by atoms with van der Waals surface area (Å²) >= 11 is 1.78. The maximum Gasteiger partial charge on any atom is 0.222 e. The van der Waals surface area contributed by atoms with E-state index in [0.717, 1.165) is 12.4 Å². The predicted molar refractivity (Wildman–Crippen MR) is 79.9 cm³/mol. The van der Waals surface area contributed by atoms with Gasteiger partial charge in [-0.1, -0.05) is 36.4 Å². The van der Waals surface area contributed by atoms with Gasteiger partial charge in [-0.25, -0.2) is 4.68 Å². The van der Waals surface area contributed by atoms with Gasteiger partial charge < -0.3 is 5.32 Å². The number of thiophene rings is 1. The van der Waals surface area contributed by atoms with Crippen LogP contribution in [-0.4, -0.2) is 14.8 Å². The predicted octanol–water partition coefficient (Wildman–Crippen LogP) is 3.49. The van der Waals surface area contributed by atoms with E-state index >= 15 is 0 Å². The molecule has 0 radical (unpaired) electrons. The van der Waals surface area contributed by atoms with Crippen molar-refractivity contribution in [2.45, 2.75) is 18.5 Å². The van der Waals surface area contributed by atoms with E-state index in [0.29, 0.717) is 6.04 Å². The zero-order valence-corrected chi connectivity index (χ0v) is 11.6. The lowest BCUT2D eigenvalue weighted by Gasteiger charge is -2.31. The van der Waals surface area contributed by atoms with Gasteiger partial charge in [0.25, 0.3) is 0 Å². The van der Waals surface area contributed by atoms with E-state index in [2.05, 4.69) is 57.2 Å². The quantitative estimate of drug-likeness (QED) is 0.782. The first-order valence-corrected chi connectivity index (χ1v) is 7.54. The van der Waals surface area contributed by atoms with E-state index in [1.807, 2.05) is 10.7 Å². The summed E-state index contributed by atoms with van der Waals surface area (Å²) in [5, 5.41) is 9.97. The number of aromatic nitrogens is 3. The number of benzene rings is 1. The molecule has 0 saturated heterocycles. The Morgan fingerprint density at radius 3 is 2.85 bits per heavy atom. The molecule has 3 heterocycles. The van der Waals surface area contributed by atoms with Gasteiger partial charge in [-0.3, -0.25) is 0 Å². The Morgan fingerprint density at radius 1 is 1.15 bits per heavy atom. The Kier molecular flexibility index (Phi) is 2.77. The zero-order chi connectivity index (χ0) is 13.4. The number of nitrogens with one attached hydrogen (secondary N) is 1. The first kappa shape index (κ1) is 11.7. The summed E-state index contributed by atoms with van der Waals surface area (Å²) in [7, 11) is 0. The lowest BCUT2D eigenvalue weighted by Crippen LogP contribution is -2.27. The Hall–Kier alpha value is -2.14. The van der Waals surface area contributed by atoms with Gasteiger partial charge in [-0.15, -0.1) is 11.3 Å². The summed E-state index contributed by atoms with van der Waals surface area (Å²) in [6.07, 6.45) is 2.61. The molecule has 4 nitrogen and oxygen atoms in total. The molecule has 3 aromatic rings. The summed E-state index contributed by atoms with van der Waals surface area (Å²) in [6.45, 7) is 0. The molecule has 2 unspecified atom stereocenters. The first-order chi connectivity index (χ1) is 9.92. The van der Waals surface area contributed by atoms with Crippen molar-refractivity contribution in [3.8, 4) is 0 Å². The van der Waals surface area contributed by atoms with E-state index in [-0.39, 0.29) is 6.04 Å². The number of hydrogen-bond donors (Lipinski definition) is 1. The van der Waals surface area contributed by atoms with Crippen molar-refractivity contribution < 1.29 is 0 Å². The van der Waals surface area contributed by atoms with Crippen molar-refractivity contribution in [3.63, 3.8) is 0 Å². The van der Waals surface area contributed by atoms with Crippen LogP contribution in [0.4, 0.5) is 5.95 Å². The molecule has 2 aromatic heterocycles. The van der Waals surface area contributed by atoms with Gasteiger partial charge >= 0.3 is 0 Å². The van der Waals surface area contributed by atoms with Crippen molar-refractivity contribution in [1.82, 2.24) is 14.8 Å². The molecule has 2 atom stereocenters. The van der Waals surface area contributed by atoms with Crippen LogP contribution in [0.3, 0.4) is 0 Å². The van der Waals surface area contributed by atoms with E-state index < -0.39 is 0 Å². The third-order valence-electron chi connectivity index (χ3n) is 3.70. The monoisotopic (exact) mass is 282 g/mol. The van der Waals surface area contributed by atoms with E-state index in [1.54, 1.807) is 17.7 Å². The van der Waals surface area contributed by atoms with Crippen molar-refractivity contribution >= 4 is 17.3 Å². The molecule has 0 bridgehead atoms. The summed E-state index contributed by atoms with van der Waals surface area (Å²) < 4.78 is 1.99. The molecule has 20 heavy (non-hydrogen) atoms. The van der Waals surface area contributed by atoms with Crippen LogP contribution in [0.5, 0.6) is 0 Å². The first-order valence-electron chi connectivity index (χ1n) is 6.66. The van der Waals surface area contributed by atoms with Gasteiger partial charge in [0.2, 0.25) is 5.95 Å². The van der Waals surface area contributed by atoms with Crippen molar-refractivity contribution in [2.75, 3.05) is 5.32 Å². The van der Waals surface area contributed by atoms with Crippen LogP contribution in [0.2, 0.25) is 0 Å². The van der Waals surface area contributed by atoms with Crippen LogP contribution >= 0.6 is 11.3 Å². The molecule has 1 aliphatic heterocycles. The highest BCUT2D eigenvalue weighted by atomic mass is 32.1. The summed E-state index contributed by atoms with van der Waals surface area (Å²) in [5.74, 6) is 0.850. The van der Waals surface area contributed by atoms with E-state index in [1.165, 1.54) is 10.4 Å². The molecule has 0 fully saturated rings. The number of rotatable bonds is 2. The van der Waals surface area contributed by atoms with Gasteiger partial charge in [0, 0.05) is 4.88 Å². The highest BCUT2D eigenvalue weighted by molar-refractivity contribution is 7.10. The lowest BCUT2D eigenvalue weighted by atomic mass is 9.97. The summed E-state index contributed by atoms with van der Waals surface area (Å²) in [6, 6.07) is 15.3. The molecule has 0 amide bonds. The minimum absolute atomic E-state index is 0.238. The number of fused-ring (bicyclic) bond motifs is 1. The standard InChI is InChI=1S/C15H14N4S/c1-2-5-11(6-3-1)13-9-12(14-7-4-8-20-14)18-15-16-10-17-19(13)15/h1-8,10,12-13H,9H2,(H,16,17,18). The van der Waals surface area contributed by atoms with E-state index in [4.69, 9.17) is 0 Å². The smallest absolute Gasteiger partial charge is 0.222 e. The fourth-order valence-electron chi connectivity index (χ4n) is 2.75. The van der Waals surface area contributed by atoms with E-state index in [9.17, 15) is 0 Å². The zero-order valence-electron chi connectivity index (χ0n) is 10.8. The Bertz CT molecular complexity index is 690. The second kappa shape index (κ2) is 4.76. The van der Waals surface area contributed by atoms with Crippen molar-refractivity contribution in [3.05, 3.63) is 64.6 Å². The van der Waals surface area contributed by atoms with Crippen molar-refractivity contribution in [1.29, 1.82) is 0 Å². The van der Waals surface area contributed by atoms with Crippen LogP contribution in [0.25, 0.3) is 0 Å². The molecule has 1 aliphatic rings. The van der Waals surface area contributed by atoms with Crippen molar-refractivity contribution in [2.24, 2.45) is 0 Å².